The van der Waals surface area contributed by atoms with Crippen LogP contribution in [-0.2, 0) is 24.2 Å². The second kappa shape index (κ2) is 6.10. The highest BCUT2D eigenvalue weighted by Crippen LogP contribution is 2.22. The summed E-state index contributed by atoms with van der Waals surface area (Å²) in [5.74, 6) is 0.725. The van der Waals surface area contributed by atoms with Gasteiger partial charge in [-0.1, -0.05) is 30.3 Å². The number of carbonyl (C=O) groups excluding carboxylic acids is 1. The van der Waals surface area contributed by atoms with Crippen LogP contribution in [0, 0.1) is 0 Å². The highest BCUT2D eigenvalue weighted by atomic mass is 16.1. The Morgan fingerprint density at radius 2 is 2.19 bits per heavy atom. The van der Waals surface area contributed by atoms with E-state index in [0.717, 1.165) is 37.2 Å². The monoisotopic (exact) mass is 284 g/mol. The predicted octanol–water partition coefficient (Wildman–Crippen LogP) is 1.97. The molecule has 1 aliphatic heterocycles. The predicted molar refractivity (Wildman–Crippen MR) is 82.0 cm³/mol. The minimum Gasteiger partial charge on any atom is -0.309 e. The zero-order valence-electron chi connectivity index (χ0n) is 12.2. The molecule has 5 heteroatoms. The number of hydrogen-bond acceptors (Lipinski definition) is 3. The Morgan fingerprint density at radius 3 is 3.00 bits per heavy atom. The van der Waals surface area contributed by atoms with E-state index in [0.29, 0.717) is 12.2 Å². The molecule has 3 rings (SSSR count). The van der Waals surface area contributed by atoms with Crippen molar-refractivity contribution in [1.82, 2.24) is 15.1 Å². The van der Waals surface area contributed by atoms with Gasteiger partial charge in [-0.3, -0.25) is 9.89 Å². The van der Waals surface area contributed by atoms with E-state index < -0.39 is 0 Å². The molecule has 0 radical (unpaired) electrons. The summed E-state index contributed by atoms with van der Waals surface area (Å²) >= 11 is 0. The van der Waals surface area contributed by atoms with E-state index in [-0.39, 0.29) is 5.91 Å². The van der Waals surface area contributed by atoms with Gasteiger partial charge in [0.05, 0.1) is 5.69 Å². The molecule has 5 nitrogen and oxygen atoms in total. The van der Waals surface area contributed by atoms with Crippen molar-refractivity contribution in [3.05, 3.63) is 47.2 Å². The van der Waals surface area contributed by atoms with E-state index in [1.54, 1.807) is 0 Å². The molecule has 110 valence electrons. The van der Waals surface area contributed by atoms with Crippen molar-refractivity contribution >= 4 is 11.7 Å². The molecule has 0 saturated carbocycles. The molecular formula is C16H20N4O. The Labute approximate surface area is 124 Å². The van der Waals surface area contributed by atoms with Gasteiger partial charge in [0.1, 0.15) is 0 Å². The smallest absolute Gasteiger partial charge is 0.225 e. The molecular weight excluding hydrogens is 264 g/mol. The number of H-pyrrole nitrogens is 1. The number of aromatic nitrogens is 2. The van der Waals surface area contributed by atoms with Crippen LogP contribution in [0.25, 0.3) is 0 Å². The van der Waals surface area contributed by atoms with E-state index in [1.165, 1.54) is 5.56 Å². The van der Waals surface area contributed by atoms with Crippen LogP contribution < -0.4 is 5.32 Å². The molecule has 1 aliphatic rings. The van der Waals surface area contributed by atoms with Crippen LogP contribution in [0.1, 0.15) is 23.2 Å². The number of aryl methyl sites for hydroxylation is 1. The van der Waals surface area contributed by atoms with Crippen LogP contribution in [0.15, 0.2) is 30.3 Å². The molecule has 0 bridgehead atoms. The maximum atomic E-state index is 12.1. The summed E-state index contributed by atoms with van der Waals surface area (Å²) in [5.41, 5.74) is 3.45. The molecule has 1 amide bonds. The quantitative estimate of drug-likeness (QED) is 0.902. The lowest BCUT2D eigenvalue weighted by Gasteiger charge is -2.21. The average Bonchev–Trinajstić information content (AvgIpc) is 2.88. The molecule has 2 N–H and O–H groups in total. The first-order valence-corrected chi connectivity index (χ1v) is 7.31. The van der Waals surface area contributed by atoms with E-state index in [1.807, 2.05) is 30.3 Å². The van der Waals surface area contributed by atoms with Gasteiger partial charge in [-0.15, -0.1) is 0 Å². The lowest BCUT2D eigenvalue weighted by Crippen LogP contribution is -2.26. The van der Waals surface area contributed by atoms with Crippen molar-refractivity contribution in [3.8, 4) is 0 Å². The van der Waals surface area contributed by atoms with Gasteiger partial charge < -0.3 is 10.2 Å². The van der Waals surface area contributed by atoms with Crippen molar-refractivity contribution in [2.75, 3.05) is 18.9 Å². The highest BCUT2D eigenvalue weighted by molar-refractivity contribution is 5.90. The minimum atomic E-state index is 0.0204. The average molecular weight is 284 g/mol. The minimum absolute atomic E-state index is 0.0204. The first kappa shape index (κ1) is 13.8. The van der Waals surface area contributed by atoms with Gasteiger partial charge >= 0.3 is 0 Å². The first-order valence-electron chi connectivity index (χ1n) is 7.31. The van der Waals surface area contributed by atoms with Gasteiger partial charge in [-0.2, -0.15) is 5.10 Å². The summed E-state index contributed by atoms with van der Waals surface area (Å²) in [6, 6.07) is 10.1. The van der Waals surface area contributed by atoms with Gasteiger partial charge in [0.15, 0.2) is 5.82 Å². The molecule has 1 aromatic carbocycles. The van der Waals surface area contributed by atoms with Crippen molar-refractivity contribution in [2.45, 2.75) is 25.8 Å². The molecule has 21 heavy (non-hydrogen) atoms. The Bertz CT molecular complexity index is 620. The number of anilines is 1. The molecule has 0 atom stereocenters. The number of nitrogens with zero attached hydrogens (tertiary/aromatic N) is 2. The van der Waals surface area contributed by atoms with Crippen LogP contribution in [0.3, 0.4) is 0 Å². The van der Waals surface area contributed by atoms with Crippen LogP contribution in [0.5, 0.6) is 0 Å². The molecule has 1 aromatic heterocycles. The fourth-order valence-corrected chi connectivity index (χ4v) is 2.65. The zero-order valence-corrected chi connectivity index (χ0v) is 12.2. The van der Waals surface area contributed by atoms with Crippen molar-refractivity contribution in [3.63, 3.8) is 0 Å². The summed E-state index contributed by atoms with van der Waals surface area (Å²) in [5, 5.41) is 10.2. The Hall–Kier alpha value is -2.14. The topological polar surface area (TPSA) is 61.0 Å². The zero-order chi connectivity index (χ0) is 14.7. The van der Waals surface area contributed by atoms with Crippen LogP contribution in [0.2, 0.25) is 0 Å². The van der Waals surface area contributed by atoms with Gasteiger partial charge in [-0.25, -0.2) is 0 Å². The van der Waals surface area contributed by atoms with E-state index >= 15 is 0 Å². The normalized spacial score (nSPS) is 14.7. The summed E-state index contributed by atoms with van der Waals surface area (Å²) < 4.78 is 0. The maximum Gasteiger partial charge on any atom is 0.225 e. The fourth-order valence-electron chi connectivity index (χ4n) is 2.65. The number of hydrogen-bond donors (Lipinski definition) is 2. The number of amides is 1. The molecule has 0 spiro atoms. The van der Waals surface area contributed by atoms with Crippen molar-refractivity contribution in [2.24, 2.45) is 0 Å². The van der Waals surface area contributed by atoms with Crippen LogP contribution >= 0.6 is 0 Å². The fraction of sp³-hybridized carbons (Fsp3) is 0.375. The van der Waals surface area contributed by atoms with Gasteiger partial charge in [0, 0.05) is 25.1 Å². The molecule has 2 aromatic rings. The van der Waals surface area contributed by atoms with Crippen LogP contribution in [0.4, 0.5) is 5.82 Å². The Kier molecular flexibility index (Phi) is 4.01. The second-order valence-corrected chi connectivity index (χ2v) is 5.55. The van der Waals surface area contributed by atoms with E-state index in [9.17, 15) is 4.79 Å². The van der Waals surface area contributed by atoms with Gasteiger partial charge in [0.25, 0.3) is 0 Å². The summed E-state index contributed by atoms with van der Waals surface area (Å²) in [6.45, 7) is 1.86. The number of benzene rings is 1. The number of nitrogens with one attached hydrogen (secondary N) is 2. The molecule has 2 heterocycles. The molecule has 0 fully saturated rings. The standard InChI is InChI=1S/C16H20N4O/c1-20-10-9-13-14(11-20)18-19-16(13)17-15(21)8-7-12-5-3-2-4-6-12/h2-6H,7-11H2,1H3,(H2,17,18,19,21). The second-order valence-electron chi connectivity index (χ2n) is 5.55. The van der Waals surface area contributed by atoms with Crippen molar-refractivity contribution < 1.29 is 4.79 Å². The highest BCUT2D eigenvalue weighted by Gasteiger charge is 2.20. The number of rotatable bonds is 4. The molecule has 0 saturated heterocycles. The lowest BCUT2D eigenvalue weighted by atomic mass is 10.1. The first-order chi connectivity index (χ1) is 10.2. The summed E-state index contributed by atoms with van der Waals surface area (Å²) in [7, 11) is 2.09. The number of carbonyl (C=O) groups is 1. The third kappa shape index (κ3) is 3.31. The van der Waals surface area contributed by atoms with Crippen molar-refractivity contribution in [1.29, 1.82) is 0 Å². The van der Waals surface area contributed by atoms with Gasteiger partial charge in [-0.05, 0) is 25.5 Å². The maximum absolute atomic E-state index is 12.1. The van der Waals surface area contributed by atoms with Crippen LogP contribution in [-0.4, -0.2) is 34.6 Å². The SMILES string of the molecule is CN1CCc2c(NC(=O)CCc3ccccc3)n[nH]c2C1. The third-order valence-electron chi connectivity index (χ3n) is 3.87. The third-order valence-corrected chi connectivity index (χ3v) is 3.87. The molecule has 0 unspecified atom stereocenters. The number of fused-ring (bicyclic) bond motifs is 1. The molecule has 0 aliphatic carbocycles. The largest absolute Gasteiger partial charge is 0.309 e. The number of likely N-dealkylation sites (N-methyl/N-ethyl adjacent to an activating group) is 1. The van der Waals surface area contributed by atoms with Gasteiger partial charge in [0.2, 0.25) is 5.91 Å². The Balaban J connectivity index is 1.58. The summed E-state index contributed by atoms with van der Waals surface area (Å²) in [4.78, 5) is 14.3. The summed E-state index contributed by atoms with van der Waals surface area (Å²) in [6.07, 6.45) is 2.16. The van der Waals surface area contributed by atoms with E-state index in [4.69, 9.17) is 0 Å². The lowest BCUT2D eigenvalue weighted by molar-refractivity contribution is -0.116. The number of aromatic amines is 1. The Morgan fingerprint density at radius 1 is 1.38 bits per heavy atom. The van der Waals surface area contributed by atoms with E-state index in [2.05, 4.69) is 27.5 Å².